The van der Waals surface area contributed by atoms with E-state index in [0.717, 1.165) is 13.0 Å². The van der Waals surface area contributed by atoms with Crippen molar-refractivity contribution in [3.8, 4) is 5.75 Å². The number of hydrogen-bond donors (Lipinski definition) is 2. The highest BCUT2D eigenvalue weighted by Gasteiger charge is 2.05. The van der Waals surface area contributed by atoms with Gasteiger partial charge in [-0.15, -0.1) is 0 Å². The number of aliphatic hydroxyl groups excluding tert-OH is 1. The lowest BCUT2D eigenvalue weighted by Gasteiger charge is -2.14. The van der Waals surface area contributed by atoms with Gasteiger partial charge in [-0.05, 0) is 37.1 Å². The highest BCUT2D eigenvalue weighted by atomic mass is 35.5. The van der Waals surface area contributed by atoms with E-state index in [0.29, 0.717) is 23.2 Å². The van der Waals surface area contributed by atoms with E-state index in [9.17, 15) is 5.11 Å². The Kier molecular flexibility index (Phi) is 7.09. The third-order valence-electron chi connectivity index (χ3n) is 2.52. The first kappa shape index (κ1) is 15.3. The van der Waals surface area contributed by atoms with Crippen LogP contribution < -0.4 is 10.1 Å². The molecule has 4 heteroatoms. The smallest absolute Gasteiger partial charge is 0.120 e. The van der Waals surface area contributed by atoms with E-state index in [4.69, 9.17) is 16.3 Å². The number of halogens is 1. The minimum atomic E-state index is -0.504. The Labute approximate surface area is 114 Å². The lowest BCUT2D eigenvalue weighted by molar-refractivity contribution is 0.106. The average molecular weight is 272 g/mol. The van der Waals surface area contributed by atoms with Crippen molar-refractivity contribution in [1.29, 1.82) is 0 Å². The fourth-order valence-electron chi connectivity index (χ4n) is 1.47. The van der Waals surface area contributed by atoms with Gasteiger partial charge in [-0.1, -0.05) is 31.5 Å². The van der Waals surface area contributed by atoms with E-state index in [1.54, 1.807) is 12.1 Å². The summed E-state index contributed by atoms with van der Waals surface area (Å²) in [6, 6.07) is 7.18. The molecule has 3 nitrogen and oxygen atoms in total. The van der Waals surface area contributed by atoms with Crippen LogP contribution in [0.3, 0.4) is 0 Å². The molecule has 0 saturated heterocycles. The molecule has 1 aromatic carbocycles. The SMILES string of the molecule is CC(C)CCNCC(O)COc1cccc(Cl)c1. The van der Waals surface area contributed by atoms with Gasteiger partial charge in [0.1, 0.15) is 18.5 Å². The number of hydrogen-bond acceptors (Lipinski definition) is 3. The van der Waals surface area contributed by atoms with Gasteiger partial charge in [-0.3, -0.25) is 0 Å². The second kappa shape index (κ2) is 8.35. The fraction of sp³-hybridized carbons (Fsp3) is 0.571. The molecule has 0 heterocycles. The summed E-state index contributed by atoms with van der Waals surface area (Å²) >= 11 is 5.84. The van der Waals surface area contributed by atoms with Crippen molar-refractivity contribution in [2.24, 2.45) is 5.92 Å². The van der Waals surface area contributed by atoms with Gasteiger partial charge < -0.3 is 15.2 Å². The van der Waals surface area contributed by atoms with Gasteiger partial charge in [0.25, 0.3) is 0 Å². The number of nitrogens with one attached hydrogen (secondary N) is 1. The summed E-state index contributed by atoms with van der Waals surface area (Å²) in [7, 11) is 0. The predicted molar refractivity (Wildman–Crippen MR) is 75.3 cm³/mol. The molecule has 0 spiro atoms. The zero-order valence-electron chi connectivity index (χ0n) is 11.0. The minimum Gasteiger partial charge on any atom is -0.491 e. The number of benzene rings is 1. The summed E-state index contributed by atoms with van der Waals surface area (Å²) in [5.74, 6) is 1.36. The number of aliphatic hydroxyl groups is 1. The molecular weight excluding hydrogens is 250 g/mol. The first-order chi connectivity index (χ1) is 8.58. The average Bonchev–Trinajstić information content (AvgIpc) is 2.32. The van der Waals surface area contributed by atoms with Crippen LogP contribution in [-0.2, 0) is 0 Å². The maximum Gasteiger partial charge on any atom is 0.120 e. The summed E-state index contributed by atoms with van der Waals surface area (Å²) in [5.41, 5.74) is 0. The Morgan fingerprint density at radius 1 is 1.39 bits per heavy atom. The van der Waals surface area contributed by atoms with Crippen LogP contribution in [0.5, 0.6) is 5.75 Å². The van der Waals surface area contributed by atoms with Crippen molar-refractivity contribution in [3.05, 3.63) is 29.3 Å². The van der Waals surface area contributed by atoms with E-state index < -0.39 is 6.10 Å². The van der Waals surface area contributed by atoms with Gasteiger partial charge in [0.2, 0.25) is 0 Å². The Morgan fingerprint density at radius 2 is 2.17 bits per heavy atom. The molecule has 1 aromatic rings. The summed E-state index contributed by atoms with van der Waals surface area (Å²) in [5, 5.41) is 13.6. The van der Waals surface area contributed by atoms with E-state index in [1.807, 2.05) is 12.1 Å². The third-order valence-corrected chi connectivity index (χ3v) is 2.75. The molecule has 2 N–H and O–H groups in total. The van der Waals surface area contributed by atoms with Crippen molar-refractivity contribution in [1.82, 2.24) is 5.32 Å². The van der Waals surface area contributed by atoms with Crippen LogP contribution in [0.4, 0.5) is 0 Å². The second-order valence-corrected chi connectivity index (χ2v) is 5.25. The van der Waals surface area contributed by atoms with E-state index in [2.05, 4.69) is 19.2 Å². The molecule has 0 bridgehead atoms. The largest absolute Gasteiger partial charge is 0.491 e. The van der Waals surface area contributed by atoms with E-state index in [-0.39, 0.29) is 6.61 Å². The summed E-state index contributed by atoms with van der Waals surface area (Å²) in [6.07, 6.45) is 0.609. The molecule has 0 amide bonds. The van der Waals surface area contributed by atoms with Crippen LogP contribution in [0.15, 0.2) is 24.3 Å². The lowest BCUT2D eigenvalue weighted by Crippen LogP contribution is -2.32. The monoisotopic (exact) mass is 271 g/mol. The zero-order chi connectivity index (χ0) is 13.4. The molecule has 1 rings (SSSR count). The summed E-state index contributed by atoms with van der Waals surface area (Å²) in [6.45, 7) is 6.11. The van der Waals surface area contributed by atoms with Gasteiger partial charge in [0.05, 0.1) is 0 Å². The summed E-state index contributed by atoms with van der Waals surface area (Å²) < 4.78 is 5.45. The van der Waals surface area contributed by atoms with Crippen molar-refractivity contribution in [2.45, 2.75) is 26.4 Å². The maximum absolute atomic E-state index is 9.72. The Hall–Kier alpha value is -0.770. The molecule has 0 aliphatic carbocycles. The first-order valence-electron chi connectivity index (χ1n) is 6.35. The molecule has 102 valence electrons. The molecule has 0 aromatic heterocycles. The van der Waals surface area contributed by atoms with Gasteiger partial charge in [-0.25, -0.2) is 0 Å². The van der Waals surface area contributed by atoms with Crippen LogP contribution in [0.2, 0.25) is 5.02 Å². The minimum absolute atomic E-state index is 0.273. The predicted octanol–water partition coefficient (Wildman–Crippen LogP) is 2.72. The Morgan fingerprint density at radius 3 is 2.83 bits per heavy atom. The van der Waals surface area contributed by atoms with Crippen LogP contribution in [0.25, 0.3) is 0 Å². The van der Waals surface area contributed by atoms with Gasteiger partial charge in [0.15, 0.2) is 0 Å². The number of rotatable bonds is 8. The van der Waals surface area contributed by atoms with Crippen molar-refractivity contribution in [3.63, 3.8) is 0 Å². The Bertz CT molecular complexity index is 344. The third kappa shape index (κ3) is 6.84. The van der Waals surface area contributed by atoms with Gasteiger partial charge in [0, 0.05) is 11.6 Å². The lowest BCUT2D eigenvalue weighted by atomic mass is 10.1. The molecule has 1 atom stereocenters. The highest BCUT2D eigenvalue weighted by molar-refractivity contribution is 6.30. The molecular formula is C14H22ClNO2. The van der Waals surface area contributed by atoms with Gasteiger partial charge >= 0.3 is 0 Å². The normalized spacial score (nSPS) is 12.7. The molecule has 1 unspecified atom stereocenters. The highest BCUT2D eigenvalue weighted by Crippen LogP contribution is 2.17. The van der Waals surface area contributed by atoms with Crippen LogP contribution in [0, 0.1) is 5.92 Å². The second-order valence-electron chi connectivity index (χ2n) is 4.81. The van der Waals surface area contributed by atoms with Crippen molar-refractivity contribution >= 4 is 11.6 Å². The fourth-order valence-corrected chi connectivity index (χ4v) is 1.65. The van der Waals surface area contributed by atoms with E-state index in [1.165, 1.54) is 0 Å². The topological polar surface area (TPSA) is 41.5 Å². The van der Waals surface area contributed by atoms with Gasteiger partial charge in [-0.2, -0.15) is 0 Å². The van der Waals surface area contributed by atoms with Crippen molar-refractivity contribution in [2.75, 3.05) is 19.7 Å². The molecule has 18 heavy (non-hydrogen) atoms. The standard InChI is InChI=1S/C14H22ClNO2/c1-11(2)6-7-16-9-13(17)10-18-14-5-3-4-12(15)8-14/h3-5,8,11,13,16-17H,6-7,9-10H2,1-2H3. The maximum atomic E-state index is 9.72. The molecule has 0 radical (unpaired) electrons. The van der Waals surface area contributed by atoms with Crippen LogP contribution >= 0.6 is 11.6 Å². The number of ether oxygens (including phenoxy) is 1. The quantitative estimate of drug-likeness (QED) is 0.715. The molecule has 0 aliphatic heterocycles. The van der Waals surface area contributed by atoms with Crippen LogP contribution in [0.1, 0.15) is 20.3 Å². The Balaban J connectivity index is 2.15. The van der Waals surface area contributed by atoms with Crippen molar-refractivity contribution < 1.29 is 9.84 Å². The zero-order valence-corrected chi connectivity index (χ0v) is 11.8. The van der Waals surface area contributed by atoms with Crippen LogP contribution in [-0.4, -0.2) is 30.9 Å². The molecule has 0 saturated carbocycles. The summed E-state index contributed by atoms with van der Waals surface area (Å²) in [4.78, 5) is 0. The molecule has 0 fully saturated rings. The molecule has 0 aliphatic rings. The van der Waals surface area contributed by atoms with E-state index >= 15 is 0 Å². The first-order valence-corrected chi connectivity index (χ1v) is 6.73.